The molecule has 114 valence electrons. The molecule has 0 spiro atoms. The van der Waals surface area contributed by atoms with Crippen LogP contribution < -0.4 is 15.8 Å². The van der Waals surface area contributed by atoms with Gasteiger partial charge in [0, 0.05) is 29.2 Å². The minimum Gasteiger partial charge on any atom is -0.478 e. The summed E-state index contributed by atoms with van der Waals surface area (Å²) in [5, 5.41) is 21.6. The van der Waals surface area contributed by atoms with E-state index in [-0.39, 0.29) is 0 Å². The lowest BCUT2D eigenvalue weighted by atomic mass is 9.92. The van der Waals surface area contributed by atoms with Crippen molar-refractivity contribution in [3.8, 4) is 11.1 Å². The molecule has 1 aliphatic heterocycles. The molecule has 5 N–H and O–H groups in total. The van der Waals surface area contributed by atoms with E-state index >= 15 is 0 Å². The van der Waals surface area contributed by atoms with E-state index in [1.165, 1.54) is 11.9 Å². The number of hydrogen-bond donors (Lipinski definition) is 4. The van der Waals surface area contributed by atoms with E-state index in [0.717, 1.165) is 39.5 Å². The molecule has 1 heterocycles. The van der Waals surface area contributed by atoms with Crippen LogP contribution in [0.1, 0.15) is 22.8 Å². The molecular formula is C16H17N3O2S. The monoisotopic (exact) mass is 315 g/mol. The number of fused-ring (bicyclic) bond motifs is 3. The van der Waals surface area contributed by atoms with Crippen LogP contribution in [-0.2, 0) is 6.54 Å². The van der Waals surface area contributed by atoms with Crippen LogP contribution in [0.25, 0.3) is 11.1 Å². The Hall–Kier alpha value is -2.18. The van der Waals surface area contributed by atoms with Gasteiger partial charge < -0.3 is 15.7 Å². The number of aromatic carboxylic acids is 1. The fraction of sp³-hybridized carbons (Fsp3) is 0.188. The van der Waals surface area contributed by atoms with E-state index in [1.54, 1.807) is 12.1 Å². The second kappa shape index (κ2) is 5.90. The Bertz CT molecular complexity index is 746. The van der Waals surface area contributed by atoms with E-state index in [2.05, 4.69) is 10.6 Å². The molecule has 0 amide bonds. The number of carboxylic acids is 1. The van der Waals surface area contributed by atoms with Crippen LogP contribution in [0.5, 0.6) is 0 Å². The number of rotatable bonds is 4. The van der Waals surface area contributed by atoms with Crippen molar-refractivity contribution in [1.82, 2.24) is 0 Å². The molecule has 2 aromatic rings. The highest BCUT2D eigenvalue weighted by Gasteiger charge is 2.19. The minimum atomic E-state index is -0.916. The van der Waals surface area contributed by atoms with Crippen LogP contribution in [0.4, 0.5) is 11.4 Å². The molecule has 0 aliphatic carbocycles. The molecule has 6 heteroatoms. The number of nitrogens with two attached hydrogens (primary N) is 1. The van der Waals surface area contributed by atoms with Gasteiger partial charge in [-0.15, -0.1) is 0 Å². The lowest BCUT2D eigenvalue weighted by molar-refractivity contribution is 0.0697. The summed E-state index contributed by atoms with van der Waals surface area (Å²) in [4.78, 5) is 12.2. The summed E-state index contributed by atoms with van der Waals surface area (Å²) in [6, 6.07) is 9.27. The SMILES string of the molecule is CCNc1cc2c(cc1SN)-c1cc(C(=O)O)ccc1CN2. The molecule has 2 aromatic carbocycles. The van der Waals surface area contributed by atoms with Gasteiger partial charge >= 0.3 is 5.97 Å². The Morgan fingerprint density at radius 1 is 1.36 bits per heavy atom. The Balaban J connectivity index is 2.16. The summed E-state index contributed by atoms with van der Waals surface area (Å²) in [7, 11) is 0. The molecule has 3 rings (SSSR count). The summed E-state index contributed by atoms with van der Waals surface area (Å²) >= 11 is 1.19. The lowest BCUT2D eigenvalue weighted by Crippen LogP contribution is -2.11. The molecule has 0 fully saturated rings. The van der Waals surface area contributed by atoms with Crippen molar-refractivity contribution in [2.75, 3.05) is 17.2 Å². The molecule has 0 saturated carbocycles. The molecule has 0 atom stereocenters. The molecule has 0 aromatic heterocycles. The molecule has 5 nitrogen and oxygen atoms in total. The van der Waals surface area contributed by atoms with Gasteiger partial charge in [-0.25, -0.2) is 4.79 Å². The van der Waals surface area contributed by atoms with E-state index in [0.29, 0.717) is 12.1 Å². The van der Waals surface area contributed by atoms with Crippen LogP contribution in [0.3, 0.4) is 0 Å². The molecule has 1 aliphatic rings. The average molecular weight is 315 g/mol. The third-order valence-corrected chi connectivity index (χ3v) is 4.32. The van der Waals surface area contributed by atoms with E-state index in [1.807, 2.05) is 25.1 Å². The maximum absolute atomic E-state index is 11.2. The predicted molar refractivity (Wildman–Crippen MR) is 90.4 cm³/mol. The highest BCUT2D eigenvalue weighted by molar-refractivity contribution is 7.97. The zero-order chi connectivity index (χ0) is 15.7. The number of carboxylic acid groups (broad SMARTS) is 1. The second-order valence-corrected chi connectivity index (χ2v) is 5.75. The minimum absolute atomic E-state index is 0.296. The van der Waals surface area contributed by atoms with Gasteiger partial charge in [-0.2, -0.15) is 0 Å². The quantitative estimate of drug-likeness (QED) is 0.647. The Morgan fingerprint density at radius 2 is 2.18 bits per heavy atom. The summed E-state index contributed by atoms with van der Waals surface area (Å²) in [5.41, 5.74) is 5.29. The molecule has 0 unspecified atom stereocenters. The largest absolute Gasteiger partial charge is 0.478 e. The van der Waals surface area contributed by atoms with Gasteiger partial charge in [0.1, 0.15) is 0 Å². The molecular weight excluding hydrogens is 298 g/mol. The van der Waals surface area contributed by atoms with Crippen LogP contribution >= 0.6 is 11.9 Å². The summed E-state index contributed by atoms with van der Waals surface area (Å²) in [5.74, 6) is -0.916. The van der Waals surface area contributed by atoms with E-state index in [9.17, 15) is 9.90 Å². The maximum atomic E-state index is 11.2. The smallest absolute Gasteiger partial charge is 0.335 e. The molecule has 0 saturated heterocycles. The zero-order valence-electron chi connectivity index (χ0n) is 12.1. The third-order valence-electron chi connectivity index (χ3n) is 3.73. The van der Waals surface area contributed by atoms with Crippen molar-refractivity contribution in [1.29, 1.82) is 0 Å². The van der Waals surface area contributed by atoms with Crippen molar-refractivity contribution >= 4 is 29.3 Å². The van der Waals surface area contributed by atoms with Gasteiger partial charge in [-0.05, 0) is 54.3 Å². The van der Waals surface area contributed by atoms with E-state index < -0.39 is 5.97 Å². The second-order valence-electron chi connectivity index (χ2n) is 5.07. The van der Waals surface area contributed by atoms with Crippen LogP contribution in [0.15, 0.2) is 35.2 Å². The predicted octanol–water partition coefficient (Wildman–Crippen LogP) is 3.37. The van der Waals surface area contributed by atoms with Gasteiger partial charge in [0.2, 0.25) is 0 Å². The number of nitrogens with one attached hydrogen (secondary N) is 2. The summed E-state index contributed by atoms with van der Waals surface area (Å²) < 4.78 is 0. The van der Waals surface area contributed by atoms with Crippen molar-refractivity contribution in [2.24, 2.45) is 5.14 Å². The van der Waals surface area contributed by atoms with Crippen molar-refractivity contribution in [2.45, 2.75) is 18.4 Å². The van der Waals surface area contributed by atoms with Crippen LogP contribution in [0, 0.1) is 0 Å². The zero-order valence-corrected chi connectivity index (χ0v) is 13.0. The topological polar surface area (TPSA) is 87.4 Å². The lowest BCUT2D eigenvalue weighted by Gasteiger charge is -2.24. The fourth-order valence-electron chi connectivity index (χ4n) is 2.68. The number of hydrogen-bond acceptors (Lipinski definition) is 5. The van der Waals surface area contributed by atoms with Gasteiger partial charge in [0.25, 0.3) is 0 Å². The average Bonchev–Trinajstić information content (AvgIpc) is 2.53. The van der Waals surface area contributed by atoms with E-state index in [4.69, 9.17) is 5.14 Å². The Kier molecular flexibility index (Phi) is 3.96. The van der Waals surface area contributed by atoms with Crippen molar-refractivity contribution < 1.29 is 9.90 Å². The normalized spacial score (nSPS) is 12.1. The molecule has 0 radical (unpaired) electrons. The molecule has 22 heavy (non-hydrogen) atoms. The van der Waals surface area contributed by atoms with Gasteiger partial charge in [0.05, 0.1) is 11.3 Å². The highest BCUT2D eigenvalue weighted by Crippen LogP contribution is 2.41. The number of anilines is 2. The highest BCUT2D eigenvalue weighted by atomic mass is 32.2. The summed E-state index contributed by atoms with van der Waals surface area (Å²) in [6.45, 7) is 3.53. The molecule has 0 bridgehead atoms. The number of carbonyl (C=O) groups is 1. The Labute approximate surface area is 133 Å². The maximum Gasteiger partial charge on any atom is 0.335 e. The third kappa shape index (κ3) is 2.51. The van der Waals surface area contributed by atoms with Gasteiger partial charge in [-0.1, -0.05) is 6.07 Å². The fourth-order valence-corrected chi connectivity index (χ4v) is 3.12. The van der Waals surface area contributed by atoms with Gasteiger partial charge in [0.15, 0.2) is 0 Å². The standard InChI is InChI=1S/C16H17N3O2S/c1-2-18-14-7-13-12(6-15(14)22-17)11-5-9(16(20)21)3-4-10(11)8-19-13/h3-7,18-19H,2,8,17H2,1H3,(H,20,21). The number of benzene rings is 2. The Morgan fingerprint density at radius 3 is 2.86 bits per heavy atom. The first-order valence-corrected chi connectivity index (χ1v) is 7.91. The van der Waals surface area contributed by atoms with Crippen LogP contribution in [0.2, 0.25) is 0 Å². The first-order valence-electron chi connectivity index (χ1n) is 7.03. The van der Waals surface area contributed by atoms with Crippen molar-refractivity contribution in [3.63, 3.8) is 0 Å². The van der Waals surface area contributed by atoms with Crippen LogP contribution in [-0.4, -0.2) is 17.6 Å². The summed E-state index contributed by atoms with van der Waals surface area (Å²) in [6.07, 6.45) is 0. The first-order chi connectivity index (χ1) is 10.6. The first kappa shape index (κ1) is 14.7. The van der Waals surface area contributed by atoms with Crippen molar-refractivity contribution in [3.05, 3.63) is 41.5 Å². The van der Waals surface area contributed by atoms with Gasteiger partial charge in [-0.3, -0.25) is 5.14 Å².